The van der Waals surface area contributed by atoms with Gasteiger partial charge in [-0.25, -0.2) is 0 Å². The van der Waals surface area contributed by atoms with Crippen LogP contribution in [0.5, 0.6) is 0 Å². The van der Waals surface area contributed by atoms with Gasteiger partial charge in [0.05, 0.1) is 18.2 Å². The maximum atomic E-state index is 12.3. The van der Waals surface area contributed by atoms with Crippen molar-refractivity contribution in [3.8, 4) is 0 Å². The number of nitrogens with zero attached hydrogens (tertiary/aromatic N) is 1. The molecule has 3 atom stereocenters. The van der Waals surface area contributed by atoms with Gasteiger partial charge in [0.1, 0.15) is 0 Å². The molecule has 0 bridgehead atoms. The Balaban J connectivity index is 1.89. The number of aliphatic hydroxyl groups excluding tert-OH is 1. The van der Waals surface area contributed by atoms with Crippen molar-refractivity contribution in [1.29, 1.82) is 0 Å². The summed E-state index contributed by atoms with van der Waals surface area (Å²) in [6, 6.07) is 0.00441. The highest BCUT2D eigenvalue weighted by Crippen LogP contribution is 2.20. The van der Waals surface area contributed by atoms with Crippen LogP contribution in [0.3, 0.4) is 0 Å². The molecule has 1 heterocycles. The van der Waals surface area contributed by atoms with Crippen LogP contribution in [0.25, 0.3) is 0 Å². The van der Waals surface area contributed by atoms with Crippen molar-refractivity contribution in [2.45, 2.75) is 70.1 Å². The topological polar surface area (TPSA) is 52.6 Å². The highest BCUT2D eigenvalue weighted by molar-refractivity contribution is 5.82. The molecule has 0 aromatic carbocycles. The molecule has 2 N–H and O–H groups in total. The minimum absolute atomic E-state index is 0.0214. The molecule has 1 amide bonds. The predicted molar refractivity (Wildman–Crippen MR) is 71.3 cm³/mol. The molecular formula is C14H26N2O2. The third-order valence-electron chi connectivity index (χ3n) is 4.38. The van der Waals surface area contributed by atoms with E-state index in [1.165, 1.54) is 6.42 Å². The molecule has 1 saturated heterocycles. The number of amides is 1. The number of hydrogen-bond donors (Lipinski definition) is 2. The Bertz CT molecular complexity index is 283. The number of hydrogen-bond acceptors (Lipinski definition) is 3. The van der Waals surface area contributed by atoms with Gasteiger partial charge in [0.15, 0.2) is 0 Å². The van der Waals surface area contributed by atoms with Crippen LogP contribution in [0.4, 0.5) is 0 Å². The number of piperidine rings is 1. The van der Waals surface area contributed by atoms with E-state index in [2.05, 4.69) is 17.1 Å². The van der Waals surface area contributed by atoms with Gasteiger partial charge in [0, 0.05) is 0 Å². The number of nitrogens with one attached hydrogen (secondary N) is 1. The largest absolute Gasteiger partial charge is 0.391 e. The van der Waals surface area contributed by atoms with Gasteiger partial charge in [-0.05, 0) is 38.8 Å². The molecule has 4 heteroatoms. The fraction of sp³-hybridized carbons (Fsp3) is 0.929. The van der Waals surface area contributed by atoms with E-state index >= 15 is 0 Å². The zero-order valence-corrected chi connectivity index (χ0v) is 11.4. The lowest BCUT2D eigenvalue weighted by Crippen LogP contribution is -2.54. The Morgan fingerprint density at radius 3 is 2.67 bits per heavy atom. The zero-order chi connectivity index (χ0) is 13.0. The van der Waals surface area contributed by atoms with E-state index in [0.717, 1.165) is 51.6 Å². The van der Waals surface area contributed by atoms with Crippen LogP contribution < -0.4 is 5.32 Å². The molecule has 1 saturated carbocycles. The van der Waals surface area contributed by atoms with E-state index in [9.17, 15) is 9.90 Å². The number of aliphatic hydroxyl groups is 1. The van der Waals surface area contributed by atoms with Crippen molar-refractivity contribution < 1.29 is 9.90 Å². The lowest BCUT2D eigenvalue weighted by atomic mass is 9.92. The summed E-state index contributed by atoms with van der Waals surface area (Å²) in [6.45, 7) is 4.08. The first-order chi connectivity index (χ1) is 8.72. The predicted octanol–water partition coefficient (Wildman–Crippen LogP) is 1.28. The highest BCUT2D eigenvalue weighted by atomic mass is 16.3. The maximum Gasteiger partial charge on any atom is 0.237 e. The van der Waals surface area contributed by atoms with E-state index in [1.807, 2.05) is 0 Å². The number of likely N-dealkylation sites (N-methyl/N-ethyl adjacent to an activating group) is 1. The van der Waals surface area contributed by atoms with Crippen LogP contribution in [-0.2, 0) is 4.79 Å². The quantitative estimate of drug-likeness (QED) is 0.798. The Labute approximate surface area is 110 Å². The molecule has 2 fully saturated rings. The van der Waals surface area contributed by atoms with Gasteiger partial charge >= 0.3 is 0 Å². The first-order valence-corrected chi connectivity index (χ1v) is 7.45. The first-order valence-electron chi connectivity index (χ1n) is 7.45. The minimum atomic E-state index is -0.346. The van der Waals surface area contributed by atoms with Crippen molar-refractivity contribution in [2.24, 2.45) is 0 Å². The average Bonchev–Trinajstić information content (AvgIpc) is 2.41. The Morgan fingerprint density at radius 1 is 1.22 bits per heavy atom. The molecule has 18 heavy (non-hydrogen) atoms. The van der Waals surface area contributed by atoms with Gasteiger partial charge < -0.3 is 10.4 Å². The summed E-state index contributed by atoms with van der Waals surface area (Å²) >= 11 is 0. The summed E-state index contributed by atoms with van der Waals surface area (Å²) < 4.78 is 0. The molecule has 0 spiro atoms. The van der Waals surface area contributed by atoms with Gasteiger partial charge in [0.2, 0.25) is 5.91 Å². The minimum Gasteiger partial charge on any atom is -0.391 e. The van der Waals surface area contributed by atoms with E-state index in [1.54, 1.807) is 0 Å². The molecule has 4 nitrogen and oxygen atoms in total. The van der Waals surface area contributed by atoms with Crippen LogP contribution in [0, 0.1) is 0 Å². The molecule has 1 aliphatic carbocycles. The number of likely N-dealkylation sites (tertiary alicyclic amines) is 1. The second-order valence-electron chi connectivity index (χ2n) is 5.61. The Hall–Kier alpha value is -0.610. The molecule has 1 aliphatic heterocycles. The molecular weight excluding hydrogens is 228 g/mol. The number of rotatable bonds is 3. The smallest absolute Gasteiger partial charge is 0.237 e. The number of carbonyl (C=O) groups is 1. The fourth-order valence-corrected chi connectivity index (χ4v) is 3.22. The SMILES string of the molecule is CCN1CCCCC1C(=O)NC1CCCCC1O. The summed E-state index contributed by atoms with van der Waals surface area (Å²) in [5.74, 6) is 0.127. The zero-order valence-electron chi connectivity index (χ0n) is 11.4. The van der Waals surface area contributed by atoms with Gasteiger partial charge in [-0.1, -0.05) is 26.2 Å². The van der Waals surface area contributed by atoms with E-state index in [4.69, 9.17) is 0 Å². The second kappa shape index (κ2) is 6.53. The monoisotopic (exact) mass is 254 g/mol. The second-order valence-corrected chi connectivity index (χ2v) is 5.61. The Morgan fingerprint density at radius 2 is 1.94 bits per heavy atom. The summed E-state index contributed by atoms with van der Waals surface area (Å²) in [4.78, 5) is 14.6. The highest BCUT2D eigenvalue weighted by Gasteiger charge is 2.31. The summed E-state index contributed by atoms with van der Waals surface area (Å²) in [6.07, 6.45) is 6.90. The van der Waals surface area contributed by atoms with Crippen molar-refractivity contribution in [3.05, 3.63) is 0 Å². The molecule has 2 rings (SSSR count). The third kappa shape index (κ3) is 3.23. The van der Waals surface area contributed by atoms with Crippen LogP contribution in [0.2, 0.25) is 0 Å². The normalized spacial score (nSPS) is 34.2. The molecule has 3 unspecified atom stereocenters. The van der Waals surface area contributed by atoms with Gasteiger partial charge in [-0.15, -0.1) is 0 Å². The maximum absolute atomic E-state index is 12.3. The lowest BCUT2D eigenvalue weighted by molar-refractivity contribution is -0.129. The summed E-state index contributed by atoms with van der Waals surface area (Å²) in [5.41, 5.74) is 0. The molecule has 0 aromatic rings. The third-order valence-corrected chi connectivity index (χ3v) is 4.38. The lowest BCUT2D eigenvalue weighted by Gasteiger charge is -2.36. The molecule has 104 valence electrons. The van der Waals surface area contributed by atoms with E-state index in [0.29, 0.717) is 0 Å². The average molecular weight is 254 g/mol. The molecule has 2 aliphatic rings. The van der Waals surface area contributed by atoms with Crippen LogP contribution in [0.1, 0.15) is 51.9 Å². The van der Waals surface area contributed by atoms with Crippen molar-refractivity contribution in [1.82, 2.24) is 10.2 Å². The number of carbonyl (C=O) groups excluding carboxylic acids is 1. The summed E-state index contributed by atoms with van der Waals surface area (Å²) in [5, 5.41) is 13.0. The molecule has 0 radical (unpaired) electrons. The summed E-state index contributed by atoms with van der Waals surface area (Å²) in [7, 11) is 0. The fourth-order valence-electron chi connectivity index (χ4n) is 3.22. The molecule has 0 aromatic heterocycles. The Kier molecular flexibility index (Phi) is 5.01. The van der Waals surface area contributed by atoms with Gasteiger partial charge in [-0.2, -0.15) is 0 Å². The van der Waals surface area contributed by atoms with Crippen molar-refractivity contribution in [2.75, 3.05) is 13.1 Å². The van der Waals surface area contributed by atoms with E-state index < -0.39 is 0 Å². The van der Waals surface area contributed by atoms with Crippen molar-refractivity contribution >= 4 is 5.91 Å². The van der Waals surface area contributed by atoms with Crippen LogP contribution in [0.15, 0.2) is 0 Å². The standard InChI is InChI=1S/C14H26N2O2/c1-2-16-10-6-5-8-12(16)14(18)15-11-7-3-4-9-13(11)17/h11-13,17H,2-10H2,1H3,(H,15,18). The first kappa shape index (κ1) is 13.8. The van der Waals surface area contributed by atoms with Crippen molar-refractivity contribution in [3.63, 3.8) is 0 Å². The van der Waals surface area contributed by atoms with Gasteiger partial charge in [-0.3, -0.25) is 9.69 Å². The van der Waals surface area contributed by atoms with Crippen LogP contribution >= 0.6 is 0 Å². The van der Waals surface area contributed by atoms with Crippen LogP contribution in [-0.4, -0.2) is 47.2 Å². The van der Waals surface area contributed by atoms with Gasteiger partial charge in [0.25, 0.3) is 0 Å². The van der Waals surface area contributed by atoms with E-state index in [-0.39, 0.29) is 24.1 Å².